The van der Waals surface area contributed by atoms with E-state index in [1.165, 1.54) is 0 Å². The summed E-state index contributed by atoms with van der Waals surface area (Å²) in [5, 5.41) is 10.4. The van der Waals surface area contributed by atoms with Crippen LogP contribution in [0, 0.1) is 0 Å². The van der Waals surface area contributed by atoms with Crippen molar-refractivity contribution in [2.45, 2.75) is 11.3 Å². The molecule has 1 N–H and O–H groups in total. The Morgan fingerprint density at radius 2 is 1.92 bits per heavy atom. The summed E-state index contributed by atoms with van der Waals surface area (Å²) in [5.74, 6) is 2.10. The molecular weight excluding hydrogens is 354 g/mol. The van der Waals surface area contributed by atoms with Crippen LogP contribution in [0.1, 0.15) is 6.42 Å². The smallest absolute Gasteiger partial charge is 0.322 e. The molecule has 4 rings (SSSR count). The van der Waals surface area contributed by atoms with E-state index in [4.69, 9.17) is 13.9 Å². The van der Waals surface area contributed by atoms with Crippen molar-refractivity contribution in [1.82, 2.24) is 10.2 Å². The standard InChI is InChI=1S/C18H15N3O4S/c22-16(8-9-26-13-4-2-1-3-5-13)19-18-21-20-17(25-18)12-6-7-14-15(10-12)24-11-23-14/h1-7,10H,8-9,11H2,(H,19,21,22). The number of ether oxygens (including phenoxy) is 2. The van der Waals surface area contributed by atoms with Gasteiger partial charge in [-0.05, 0) is 30.3 Å². The Balaban J connectivity index is 1.32. The lowest BCUT2D eigenvalue weighted by Crippen LogP contribution is -2.12. The monoisotopic (exact) mass is 369 g/mol. The number of thioether (sulfide) groups is 1. The fourth-order valence-corrected chi connectivity index (χ4v) is 3.25. The number of anilines is 1. The molecule has 2 heterocycles. The van der Waals surface area contributed by atoms with Crippen molar-refractivity contribution in [3.05, 3.63) is 48.5 Å². The first kappa shape index (κ1) is 16.5. The third kappa shape index (κ3) is 3.80. The van der Waals surface area contributed by atoms with Crippen molar-refractivity contribution in [1.29, 1.82) is 0 Å². The van der Waals surface area contributed by atoms with E-state index in [0.717, 1.165) is 4.90 Å². The Morgan fingerprint density at radius 3 is 2.81 bits per heavy atom. The number of nitrogens with one attached hydrogen (secondary N) is 1. The summed E-state index contributed by atoms with van der Waals surface area (Å²) in [5.41, 5.74) is 0.696. The van der Waals surface area contributed by atoms with Gasteiger partial charge < -0.3 is 13.9 Å². The maximum atomic E-state index is 12.0. The van der Waals surface area contributed by atoms with Crippen molar-refractivity contribution in [2.75, 3.05) is 17.9 Å². The number of nitrogens with zero attached hydrogens (tertiary/aromatic N) is 2. The largest absolute Gasteiger partial charge is 0.454 e. The number of carbonyl (C=O) groups is 1. The topological polar surface area (TPSA) is 86.5 Å². The highest BCUT2D eigenvalue weighted by atomic mass is 32.2. The minimum absolute atomic E-state index is 0.0763. The second-order valence-corrected chi connectivity index (χ2v) is 6.61. The molecule has 0 fully saturated rings. The first-order valence-corrected chi connectivity index (χ1v) is 8.98. The molecular formula is C18H15N3O4S. The molecule has 26 heavy (non-hydrogen) atoms. The van der Waals surface area contributed by atoms with Crippen LogP contribution in [0.15, 0.2) is 57.8 Å². The summed E-state index contributed by atoms with van der Waals surface area (Å²) >= 11 is 1.62. The van der Waals surface area contributed by atoms with Gasteiger partial charge in [-0.2, -0.15) is 0 Å². The van der Waals surface area contributed by atoms with E-state index < -0.39 is 0 Å². The van der Waals surface area contributed by atoms with E-state index in [0.29, 0.717) is 35.1 Å². The molecule has 0 unspecified atom stereocenters. The number of fused-ring (bicyclic) bond motifs is 1. The van der Waals surface area contributed by atoms with Crippen LogP contribution in [0.4, 0.5) is 6.01 Å². The van der Waals surface area contributed by atoms with E-state index in [1.807, 2.05) is 30.3 Å². The second-order valence-electron chi connectivity index (χ2n) is 5.44. The summed E-state index contributed by atoms with van der Waals surface area (Å²) in [6, 6.07) is 15.3. The SMILES string of the molecule is O=C(CCSc1ccccc1)Nc1nnc(-c2ccc3c(c2)OCO3)o1. The number of amides is 1. The molecule has 0 saturated heterocycles. The second kappa shape index (κ2) is 7.49. The van der Waals surface area contributed by atoms with Crippen LogP contribution >= 0.6 is 11.8 Å². The Bertz CT molecular complexity index is 914. The third-order valence-electron chi connectivity index (χ3n) is 3.63. The zero-order valence-corrected chi connectivity index (χ0v) is 14.5. The van der Waals surface area contributed by atoms with Gasteiger partial charge in [0.2, 0.25) is 18.6 Å². The Labute approximate surface area is 153 Å². The molecule has 0 radical (unpaired) electrons. The van der Waals surface area contributed by atoms with E-state index in [2.05, 4.69) is 15.5 Å². The number of aromatic nitrogens is 2. The van der Waals surface area contributed by atoms with Crippen LogP contribution in [0.25, 0.3) is 11.5 Å². The molecule has 1 aliphatic heterocycles. The van der Waals surface area contributed by atoms with Gasteiger partial charge in [0.15, 0.2) is 11.5 Å². The Kier molecular flexibility index (Phi) is 4.74. The first-order chi connectivity index (χ1) is 12.8. The van der Waals surface area contributed by atoms with Crippen LogP contribution in [0.3, 0.4) is 0 Å². The molecule has 0 aliphatic carbocycles. The Hall–Kier alpha value is -3.00. The number of hydrogen-bond acceptors (Lipinski definition) is 7. The highest BCUT2D eigenvalue weighted by Gasteiger charge is 2.17. The quantitative estimate of drug-likeness (QED) is 0.665. The number of carbonyl (C=O) groups excluding carboxylic acids is 1. The van der Waals surface area contributed by atoms with Gasteiger partial charge in [-0.25, -0.2) is 0 Å². The van der Waals surface area contributed by atoms with Crippen LogP contribution < -0.4 is 14.8 Å². The van der Waals surface area contributed by atoms with E-state index >= 15 is 0 Å². The molecule has 1 aliphatic rings. The van der Waals surface area contributed by atoms with Crippen LogP contribution in [0.2, 0.25) is 0 Å². The lowest BCUT2D eigenvalue weighted by atomic mass is 10.2. The summed E-state index contributed by atoms with van der Waals surface area (Å²) in [6.45, 7) is 0.199. The summed E-state index contributed by atoms with van der Waals surface area (Å²) in [7, 11) is 0. The molecule has 0 spiro atoms. The predicted molar refractivity (Wildman–Crippen MR) is 96.3 cm³/mol. The maximum absolute atomic E-state index is 12.0. The average molecular weight is 369 g/mol. The van der Waals surface area contributed by atoms with Gasteiger partial charge >= 0.3 is 6.01 Å². The van der Waals surface area contributed by atoms with E-state index in [-0.39, 0.29) is 18.7 Å². The van der Waals surface area contributed by atoms with Gasteiger partial charge in [0.25, 0.3) is 0 Å². The minimum atomic E-state index is -0.172. The highest BCUT2D eigenvalue weighted by molar-refractivity contribution is 7.99. The minimum Gasteiger partial charge on any atom is -0.454 e. The molecule has 3 aromatic rings. The molecule has 8 heteroatoms. The fourth-order valence-electron chi connectivity index (χ4n) is 2.38. The molecule has 0 saturated carbocycles. The van der Waals surface area contributed by atoms with Crippen molar-refractivity contribution in [2.24, 2.45) is 0 Å². The molecule has 1 amide bonds. The number of benzene rings is 2. The van der Waals surface area contributed by atoms with Gasteiger partial charge in [0, 0.05) is 22.6 Å². The fraction of sp³-hybridized carbons (Fsp3) is 0.167. The maximum Gasteiger partial charge on any atom is 0.322 e. The molecule has 1 aromatic heterocycles. The van der Waals surface area contributed by atoms with Gasteiger partial charge in [-0.15, -0.1) is 16.9 Å². The van der Waals surface area contributed by atoms with Gasteiger partial charge in [0.1, 0.15) is 0 Å². The summed E-state index contributed by atoms with van der Waals surface area (Å²) in [6.07, 6.45) is 0.349. The van der Waals surface area contributed by atoms with Crippen molar-refractivity contribution < 1.29 is 18.7 Å². The van der Waals surface area contributed by atoms with E-state index in [1.54, 1.807) is 30.0 Å². The molecule has 0 atom stereocenters. The molecule has 2 aromatic carbocycles. The van der Waals surface area contributed by atoms with Crippen LogP contribution in [0.5, 0.6) is 11.5 Å². The molecule has 7 nitrogen and oxygen atoms in total. The molecule has 132 valence electrons. The number of hydrogen-bond donors (Lipinski definition) is 1. The highest BCUT2D eigenvalue weighted by Crippen LogP contribution is 2.35. The lowest BCUT2D eigenvalue weighted by Gasteiger charge is -2.01. The zero-order valence-electron chi connectivity index (χ0n) is 13.7. The summed E-state index contributed by atoms with van der Waals surface area (Å²) in [4.78, 5) is 13.1. The first-order valence-electron chi connectivity index (χ1n) is 7.99. The van der Waals surface area contributed by atoms with Gasteiger partial charge in [-0.1, -0.05) is 23.3 Å². The third-order valence-corrected chi connectivity index (χ3v) is 4.65. The number of rotatable bonds is 6. The predicted octanol–water partition coefficient (Wildman–Crippen LogP) is 3.59. The van der Waals surface area contributed by atoms with Gasteiger partial charge in [-0.3, -0.25) is 10.1 Å². The van der Waals surface area contributed by atoms with Crippen molar-refractivity contribution in [3.8, 4) is 23.0 Å². The average Bonchev–Trinajstić information content (AvgIpc) is 3.31. The normalized spacial score (nSPS) is 12.2. The van der Waals surface area contributed by atoms with Crippen molar-refractivity contribution in [3.63, 3.8) is 0 Å². The lowest BCUT2D eigenvalue weighted by molar-refractivity contribution is -0.115. The summed E-state index contributed by atoms with van der Waals surface area (Å²) < 4.78 is 16.1. The molecule has 0 bridgehead atoms. The van der Waals surface area contributed by atoms with Crippen LogP contribution in [-0.4, -0.2) is 28.7 Å². The Morgan fingerprint density at radius 1 is 1.08 bits per heavy atom. The van der Waals surface area contributed by atoms with Gasteiger partial charge in [0.05, 0.1) is 0 Å². The van der Waals surface area contributed by atoms with Crippen molar-refractivity contribution >= 4 is 23.7 Å². The van der Waals surface area contributed by atoms with Crippen LogP contribution in [-0.2, 0) is 4.79 Å². The zero-order chi connectivity index (χ0) is 17.8. The van der Waals surface area contributed by atoms with E-state index in [9.17, 15) is 4.79 Å².